The molecule has 1 aromatic heterocycles. The Hall–Kier alpha value is -1.81. The number of hydrogen-bond acceptors (Lipinski definition) is 3. The van der Waals surface area contributed by atoms with E-state index in [0.29, 0.717) is 6.54 Å². The van der Waals surface area contributed by atoms with Crippen molar-refractivity contribution in [3.63, 3.8) is 0 Å². The van der Waals surface area contributed by atoms with Crippen molar-refractivity contribution in [1.29, 1.82) is 0 Å². The van der Waals surface area contributed by atoms with Crippen LogP contribution >= 0.6 is 0 Å². The normalized spacial score (nSPS) is 12.5. The van der Waals surface area contributed by atoms with Crippen LogP contribution < -0.4 is 10.5 Å². The maximum atomic E-state index is 5.69. The van der Waals surface area contributed by atoms with Crippen molar-refractivity contribution in [3.8, 4) is 17.0 Å². The van der Waals surface area contributed by atoms with Gasteiger partial charge in [0.05, 0.1) is 12.8 Å². The standard InChI is InChI=1S/C15H21N3O/c1-9-7-12(5-6-13(9)19-4)14-11(3)17-15(18-14)10(2)8-16/h5-7,10H,8,16H2,1-4H3,(H,17,18). The Labute approximate surface area is 114 Å². The molecule has 1 atom stereocenters. The second kappa shape index (κ2) is 5.45. The van der Waals surface area contributed by atoms with Gasteiger partial charge in [0.2, 0.25) is 0 Å². The fraction of sp³-hybridized carbons (Fsp3) is 0.400. The Balaban J connectivity index is 2.41. The average molecular weight is 259 g/mol. The molecule has 102 valence electrons. The lowest BCUT2D eigenvalue weighted by Crippen LogP contribution is -2.10. The number of benzene rings is 1. The summed E-state index contributed by atoms with van der Waals surface area (Å²) in [5.74, 6) is 2.09. The van der Waals surface area contributed by atoms with E-state index in [4.69, 9.17) is 10.5 Å². The Kier molecular flexibility index (Phi) is 3.90. The molecule has 4 nitrogen and oxygen atoms in total. The van der Waals surface area contributed by atoms with Crippen LogP contribution in [-0.2, 0) is 0 Å². The molecular formula is C15H21N3O. The fourth-order valence-corrected chi connectivity index (χ4v) is 2.14. The molecule has 2 rings (SSSR count). The number of H-pyrrole nitrogens is 1. The van der Waals surface area contributed by atoms with Crippen LogP contribution in [0, 0.1) is 13.8 Å². The Morgan fingerprint density at radius 2 is 2.11 bits per heavy atom. The first-order chi connectivity index (χ1) is 9.06. The van der Waals surface area contributed by atoms with E-state index in [0.717, 1.165) is 34.1 Å². The molecule has 0 aliphatic heterocycles. The zero-order chi connectivity index (χ0) is 14.0. The lowest BCUT2D eigenvalue weighted by molar-refractivity contribution is 0.412. The SMILES string of the molecule is COc1ccc(-c2nc(C(C)CN)[nH]c2C)cc1C. The van der Waals surface area contributed by atoms with E-state index in [1.807, 2.05) is 26.0 Å². The average Bonchev–Trinajstić information content (AvgIpc) is 2.80. The smallest absolute Gasteiger partial charge is 0.121 e. The number of imidazole rings is 1. The molecule has 0 aliphatic rings. The molecule has 1 unspecified atom stereocenters. The van der Waals surface area contributed by atoms with Gasteiger partial charge >= 0.3 is 0 Å². The van der Waals surface area contributed by atoms with Crippen LogP contribution in [0.2, 0.25) is 0 Å². The van der Waals surface area contributed by atoms with Crippen molar-refractivity contribution >= 4 is 0 Å². The zero-order valence-corrected chi connectivity index (χ0v) is 11.9. The van der Waals surface area contributed by atoms with Crippen LogP contribution in [0.25, 0.3) is 11.3 Å². The largest absolute Gasteiger partial charge is 0.496 e. The summed E-state index contributed by atoms with van der Waals surface area (Å²) in [6, 6.07) is 6.11. The third kappa shape index (κ3) is 2.63. The third-order valence-electron chi connectivity index (χ3n) is 3.39. The van der Waals surface area contributed by atoms with Crippen molar-refractivity contribution in [2.45, 2.75) is 26.7 Å². The number of rotatable bonds is 4. The van der Waals surface area contributed by atoms with Crippen molar-refractivity contribution in [3.05, 3.63) is 35.3 Å². The maximum absolute atomic E-state index is 5.69. The van der Waals surface area contributed by atoms with Crippen LogP contribution in [-0.4, -0.2) is 23.6 Å². The van der Waals surface area contributed by atoms with Gasteiger partial charge in [-0.1, -0.05) is 6.92 Å². The highest BCUT2D eigenvalue weighted by Gasteiger charge is 2.13. The number of aromatic amines is 1. The molecule has 0 radical (unpaired) electrons. The number of ether oxygens (including phenoxy) is 1. The van der Waals surface area contributed by atoms with Crippen LogP contribution in [0.1, 0.15) is 29.9 Å². The summed E-state index contributed by atoms with van der Waals surface area (Å²) in [6.07, 6.45) is 0. The number of aromatic nitrogens is 2. The van der Waals surface area contributed by atoms with E-state index in [-0.39, 0.29) is 5.92 Å². The Bertz CT molecular complexity index is 575. The summed E-state index contributed by atoms with van der Waals surface area (Å²) in [5.41, 5.74) is 9.95. The minimum atomic E-state index is 0.242. The first kappa shape index (κ1) is 13.6. The number of methoxy groups -OCH3 is 1. The van der Waals surface area contributed by atoms with Gasteiger partial charge < -0.3 is 15.5 Å². The Morgan fingerprint density at radius 3 is 2.68 bits per heavy atom. The van der Waals surface area contributed by atoms with Crippen molar-refractivity contribution in [2.24, 2.45) is 5.73 Å². The minimum Gasteiger partial charge on any atom is -0.496 e. The molecule has 4 heteroatoms. The molecule has 0 bridgehead atoms. The highest BCUT2D eigenvalue weighted by Crippen LogP contribution is 2.28. The van der Waals surface area contributed by atoms with E-state index in [1.165, 1.54) is 0 Å². The summed E-state index contributed by atoms with van der Waals surface area (Å²) in [7, 11) is 1.68. The van der Waals surface area contributed by atoms with Gasteiger partial charge in [-0.3, -0.25) is 0 Å². The molecule has 3 N–H and O–H groups in total. The zero-order valence-electron chi connectivity index (χ0n) is 11.9. The molecule has 0 spiro atoms. The predicted octanol–water partition coefficient (Wildman–Crippen LogP) is 2.76. The molecule has 19 heavy (non-hydrogen) atoms. The van der Waals surface area contributed by atoms with Crippen molar-refractivity contribution < 1.29 is 4.74 Å². The summed E-state index contributed by atoms with van der Waals surface area (Å²) >= 11 is 0. The summed E-state index contributed by atoms with van der Waals surface area (Å²) in [5, 5.41) is 0. The third-order valence-corrected chi connectivity index (χ3v) is 3.39. The Morgan fingerprint density at radius 1 is 1.37 bits per heavy atom. The van der Waals surface area contributed by atoms with Gasteiger partial charge in [0, 0.05) is 23.7 Å². The number of nitrogens with two attached hydrogens (primary N) is 1. The van der Waals surface area contributed by atoms with E-state index in [9.17, 15) is 0 Å². The molecule has 1 heterocycles. The molecule has 0 amide bonds. The number of nitrogens with zero attached hydrogens (tertiary/aromatic N) is 1. The molecule has 0 saturated carbocycles. The summed E-state index contributed by atoms with van der Waals surface area (Å²) in [4.78, 5) is 7.99. The van der Waals surface area contributed by atoms with E-state index in [1.54, 1.807) is 7.11 Å². The van der Waals surface area contributed by atoms with Gasteiger partial charge in [0.25, 0.3) is 0 Å². The summed E-state index contributed by atoms with van der Waals surface area (Å²) < 4.78 is 5.28. The lowest BCUT2D eigenvalue weighted by atomic mass is 10.1. The van der Waals surface area contributed by atoms with Crippen LogP contribution in [0.4, 0.5) is 0 Å². The number of nitrogens with one attached hydrogen (secondary N) is 1. The van der Waals surface area contributed by atoms with E-state index < -0.39 is 0 Å². The lowest BCUT2D eigenvalue weighted by Gasteiger charge is -2.06. The fourth-order valence-electron chi connectivity index (χ4n) is 2.14. The van der Waals surface area contributed by atoms with Crippen molar-refractivity contribution in [2.75, 3.05) is 13.7 Å². The quantitative estimate of drug-likeness (QED) is 0.887. The first-order valence-corrected chi connectivity index (χ1v) is 6.48. The van der Waals surface area contributed by atoms with Gasteiger partial charge in [-0.15, -0.1) is 0 Å². The van der Waals surface area contributed by atoms with E-state index in [2.05, 4.69) is 23.0 Å². The molecule has 2 aromatic rings. The number of hydrogen-bond donors (Lipinski definition) is 2. The molecule has 0 aliphatic carbocycles. The van der Waals surface area contributed by atoms with Crippen LogP contribution in [0.15, 0.2) is 18.2 Å². The maximum Gasteiger partial charge on any atom is 0.121 e. The topological polar surface area (TPSA) is 63.9 Å². The minimum absolute atomic E-state index is 0.242. The van der Waals surface area contributed by atoms with Gasteiger partial charge in [-0.25, -0.2) is 4.98 Å². The highest BCUT2D eigenvalue weighted by atomic mass is 16.5. The van der Waals surface area contributed by atoms with Crippen molar-refractivity contribution in [1.82, 2.24) is 9.97 Å². The number of aryl methyl sites for hydroxylation is 2. The van der Waals surface area contributed by atoms with Gasteiger partial charge in [-0.2, -0.15) is 0 Å². The first-order valence-electron chi connectivity index (χ1n) is 6.48. The highest BCUT2D eigenvalue weighted by molar-refractivity contribution is 5.64. The second-order valence-electron chi connectivity index (χ2n) is 4.92. The van der Waals surface area contributed by atoms with Crippen LogP contribution in [0.5, 0.6) is 5.75 Å². The molecule has 1 aromatic carbocycles. The predicted molar refractivity (Wildman–Crippen MR) is 77.5 cm³/mol. The molecule has 0 saturated heterocycles. The molecular weight excluding hydrogens is 238 g/mol. The van der Waals surface area contributed by atoms with Crippen LogP contribution in [0.3, 0.4) is 0 Å². The second-order valence-corrected chi connectivity index (χ2v) is 4.92. The monoisotopic (exact) mass is 259 g/mol. The van der Waals surface area contributed by atoms with Gasteiger partial charge in [-0.05, 0) is 37.6 Å². The van der Waals surface area contributed by atoms with Gasteiger partial charge in [0.15, 0.2) is 0 Å². The molecule has 0 fully saturated rings. The summed E-state index contributed by atoms with van der Waals surface area (Å²) in [6.45, 7) is 6.73. The van der Waals surface area contributed by atoms with E-state index >= 15 is 0 Å². The van der Waals surface area contributed by atoms with Gasteiger partial charge in [0.1, 0.15) is 11.6 Å².